The summed E-state index contributed by atoms with van der Waals surface area (Å²) in [6.07, 6.45) is 2.40. The van der Waals surface area contributed by atoms with Crippen LogP contribution in [0.15, 0.2) is 18.2 Å². The minimum Gasteiger partial charge on any atom is -0.484 e. The lowest BCUT2D eigenvalue weighted by Gasteiger charge is -2.16. The third kappa shape index (κ3) is 4.32. The first-order valence-electron chi connectivity index (χ1n) is 7.48. The Kier molecular flexibility index (Phi) is 5.38. The molecule has 1 N–H and O–H groups in total. The Bertz CT molecular complexity index is 485. The molecule has 1 aliphatic heterocycles. The van der Waals surface area contributed by atoms with Crippen molar-refractivity contribution in [1.82, 2.24) is 4.90 Å². The quantitative estimate of drug-likeness (QED) is 0.618. The fourth-order valence-electron chi connectivity index (χ4n) is 2.56. The molecule has 0 spiro atoms. The molecule has 0 atom stereocenters. The van der Waals surface area contributed by atoms with Gasteiger partial charge in [0.1, 0.15) is 5.69 Å². The molecule has 0 radical (unpaired) electrons. The smallest absolute Gasteiger partial charge is 0.333 e. The van der Waals surface area contributed by atoms with Gasteiger partial charge in [-0.3, -0.25) is 10.1 Å². The molecular weight excluding hydrogens is 270 g/mol. The molecule has 116 valence electrons. The zero-order valence-corrected chi connectivity index (χ0v) is 12.7. The number of likely N-dealkylation sites (tertiary alicyclic amines) is 1. The summed E-state index contributed by atoms with van der Waals surface area (Å²) >= 11 is 0. The van der Waals surface area contributed by atoms with Crippen LogP contribution >= 0.6 is 0 Å². The molecule has 0 aliphatic carbocycles. The molecule has 6 nitrogen and oxygen atoms in total. The van der Waals surface area contributed by atoms with Gasteiger partial charge in [-0.15, -0.1) is 0 Å². The maximum absolute atomic E-state index is 11.3. The lowest BCUT2D eigenvalue weighted by molar-refractivity contribution is -0.385. The monoisotopic (exact) mass is 293 g/mol. The summed E-state index contributed by atoms with van der Waals surface area (Å²) in [4.78, 5) is 13.3. The van der Waals surface area contributed by atoms with Crippen molar-refractivity contribution in [3.8, 4) is 5.75 Å². The molecule has 1 aromatic carbocycles. The van der Waals surface area contributed by atoms with Crippen molar-refractivity contribution in [3.63, 3.8) is 0 Å². The number of anilines is 1. The van der Waals surface area contributed by atoms with Crippen LogP contribution in [0.1, 0.15) is 26.7 Å². The van der Waals surface area contributed by atoms with Crippen LogP contribution < -0.4 is 10.1 Å². The van der Waals surface area contributed by atoms with Gasteiger partial charge in [0, 0.05) is 13.1 Å². The lowest BCUT2D eigenvalue weighted by Crippen LogP contribution is -2.26. The first kappa shape index (κ1) is 15.6. The maximum atomic E-state index is 11.3. The zero-order valence-electron chi connectivity index (χ0n) is 12.7. The third-order valence-electron chi connectivity index (χ3n) is 3.49. The van der Waals surface area contributed by atoms with E-state index in [-0.39, 0.29) is 16.7 Å². The predicted molar refractivity (Wildman–Crippen MR) is 83.0 cm³/mol. The zero-order chi connectivity index (χ0) is 15.2. The van der Waals surface area contributed by atoms with Gasteiger partial charge in [-0.2, -0.15) is 0 Å². The fraction of sp³-hybridized carbons (Fsp3) is 0.600. The normalized spacial score (nSPS) is 15.4. The highest BCUT2D eigenvalue weighted by Crippen LogP contribution is 2.35. The van der Waals surface area contributed by atoms with E-state index >= 15 is 0 Å². The minimum atomic E-state index is -0.379. The number of nitrogens with zero attached hydrogens (tertiary/aromatic N) is 2. The molecule has 21 heavy (non-hydrogen) atoms. The Balaban J connectivity index is 2.04. The van der Waals surface area contributed by atoms with Crippen molar-refractivity contribution in [2.24, 2.45) is 0 Å². The molecule has 2 rings (SSSR count). The molecule has 6 heteroatoms. The van der Waals surface area contributed by atoms with E-state index in [1.54, 1.807) is 18.2 Å². The fourth-order valence-corrected chi connectivity index (χ4v) is 2.56. The number of benzene rings is 1. The standard InChI is InChI=1S/C15H23N3O3/c1-12(2)21-14-7-5-6-13(15(14)18(19)20)16-8-11-17-9-3-4-10-17/h5-7,12,16H,3-4,8-11H2,1-2H3. The summed E-state index contributed by atoms with van der Waals surface area (Å²) < 4.78 is 5.53. The number of para-hydroxylation sites is 1. The van der Waals surface area contributed by atoms with E-state index in [2.05, 4.69) is 10.2 Å². The second-order valence-corrected chi connectivity index (χ2v) is 5.55. The Morgan fingerprint density at radius 1 is 1.38 bits per heavy atom. The van der Waals surface area contributed by atoms with Crippen molar-refractivity contribution in [2.75, 3.05) is 31.5 Å². The van der Waals surface area contributed by atoms with Crippen molar-refractivity contribution in [2.45, 2.75) is 32.8 Å². The number of nitrogens with one attached hydrogen (secondary N) is 1. The van der Waals surface area contributed by atoms with Gasteiger partial charge in [0.15, 0.2) is 5.75 Å². The molecule has 1 saturated heterocycles. The van der Waals surface area contributed by atoms with Crippen molar-refractivity contribution >= 4 is 11.4 Å². The highest BCUT2D eigenvalue weighted by atomic mass is 16.6. The number of rotatable bonds is 7. The van der Waals surface area contributed by atoms with Crippen LogP contribution in [0.4, 0.5) is 11.4 Å². The van der Waals surface area contributed by atoms with E-state index in [0.717, 1.165) is 19.6 Å². The minimum absolute atomic E-state index is 0.0209. The molecule has 0 bridgehead atoms. The van der Waals surface area contributed by atoms with E-state index in [9.17, 15) is 10.1 Å². The first-order chi connectivity index (χ1) is 10.1. The summed E-state index contributed by atoms with van der Waals surface area (Å²) in [5.74, 6) is 0.321. The summed E-state index contributed by atoms with van der Waals surface area (Å²) in [6, 6.07) is 5.15. The molecule has 1 fully saturated rings. The van der Waals surface area contributed by atoms with Crippen LogP contribution in [0, 0.1) is 10.1 Å². The predicted octanol–water partition coefficient (Wildman–Crippen LogP) is 2.89. The molecule has 0 unspecified atom stereocenters. The highest BCUT2D eigenvalue weighted by molar-refractivity contribution is 5.68. The number of hydrogen-bond acceptors (Lipinski definition) is 5. The van der Waals surface area contributed by atoms with E-state index in [4.69, 9.17) is 4.74 Å². The Hall–Kier alpha value is -1.82. The number of nitro groups is 1. The Morgan fingerprint density at radius 2 is 2.10 bits per heavy atom. The topological polar surface area (TPSA) is 67.6 Å². The van der Waals surface area contributed by atoms with Crippen molar-refractivity contribution in [1.29, 1.82) is 0 Å². The van der Waals surface area contributed by atoms with Crippen molar-refractivity contribution in [3.05, 3.63) is 28.3 Å². The molecule has 0 aromatic heterocycles. The Labute approximate surface area is 125 Å². The van der Waals surface area contributed by atoms with Crippen LogP contribution in [-0.4, -0.2) is 42.1 Å². The first-order valence-corrected chi connectivity index (χ1v) is 7.48. The van der Waals surface area contributed by atoms with Crippen molar-refractivity contribution < 1.29 is 9.66 Å². The summed E-state index contributed by atoms with van der Waals surface area (Å²) in [5, 5.41) is 14.5. The second kappa shape index (κ2) is 7.26. The average Bonchev–Trinajstić information content (AvgIpc) is 2.91. The molecule has 0 amide bonds. The molecule has 1 heterocycles. The van der Waals surface area contributed by atoms with E-state index < -0.39 is 0 Å². The summed E-state index contributed by atoms with van der Waals surface area (Å²) in [7, 11) is 0. The van der Waals surface area contributed by atoms with E-state index in [1.165, 1.54) is 12.8 Å². The number of nitro benzene ring substituents is 1. The maximum Gasteiger partial charge on any atom is 0.333 e. The van der Waals surface area contributed by atoms with Crippen LogP contribution in [0.5, 0.6) is 5.75 Å². The number of hydrogen-bond donors (Lipinski definition) is 1. The molecule has 0 saturated carbocycles. The summed E-state index contributed by atoms with van der Waals surface area (Å²) in [5.41, 5.74) is 0.546. The molecule has 1 aliphatic rings. The van der Waals surface area contributed by atoms with Gasteiger partial charge in [0.05, 0.1) is 11.0 Å². The van der Waals surface area contributed by atoms with Gasteiger partial charge in [0.25, 0.3) is 0 Å². The SMILES string of the molecule is CC(C)Oc1cccc(NCCN2CCCC2)c1[N+](=O)[O-]. The van der Waals surface area contributed by atoms with E-state index in [1.807, 2.05) is 13.8 Å². The highest BCUT2D eigenvalue weighted by Gasteiger charge is 2.21. The average molecular weight is 293 g/mol. The summed E-state index contributed by atoms with van der Waals surface area (Å²) in [6.45, 7) is 7.58. The van der Waals surface area contributed by atoms with Crippen LogP contribution in [0.2, 0.25) is 0 Å². The second-order valence-electron chi connectivity index (χ2n) is 5.55. The largest absolute Gasteiger partial charge is 0.484 e. The van der Waals surface area contributed by atoms with Gasteiger partial charge < -0.3 is 15.0 Å². The molecular formula is C15H23N3O3. The lowest BCUT2D eigenvalue weighted by atomic mass is 10.2. The third-order valence-corrected chi connectivity index (χ3v) is 3.49. The molecule has 1 aromatic rings. The number of ether oxygens (including phenoxy) is 1. The van der Waals surface area contributed by atoms with Crippen LogP contribution in [-0.2, 0) is 0 Å². The van der Waals surface area contributed by atoms with Gasteiger partial charge in [-0.05, 0) is 51.9 Å². The van der Waals surface area contributed by atoms with E-state index in [0.29, 0.717) is 18.0 Å². The van der Waals surface area contributed by atoms with Gasteiger partial charge in [-0.25, -0.2) is 0 Å². The Morgan fingerprint density at radius 3 is 2.71 bits per heavy atom. The van der Waals surface area contributed by atoms with Crippen LogP contribution in [0.25, 0.3) is 0 Å². The van der Waals surface area contributed by atoms with Gasteiger partial charge in [-0.1, -0.05) is 6.07 Å². The van der Waals surface area contributed by atoms with Gasteiger partial charge in [0.2, 0.25) is 0 Å². The van der Waals surface area contributed by atoms with Gasteiger partial charge >= 0.3 is 5.69 Å². The van der Waals surface area contributed by atoms with Crippen LogP contribution in [0.3, 0.4) is 0 Å².